The molecule has 5 nitrogen and oxygen atoms in total. The Bertz CT molecular complexity index is 401. The lowest BCUT2D eigenvalue weighted by Gasteiger charge is -2.18. The molecule has 0 aliphatic carbocycles. The van der Waals surface area contributed by atoms with Gasteiger partial charge in [0.25, 0.3) is 0 Å². The molecule has 0 saturated carbocycles. The van der Waals surface area contributed by atoms with E-state index in [1.54, 1.807) is 24.5 Å². The first-order valence-electron chi connectivity index (χ1n) is 5.31. The minimum Gasteiger partial charge on any atom is -0.481 e. The second kappa shape index (κ2) is 5.43. The predicted molar refractivity (Wildman–Crippen MR) is 62.1 cm³/mol. The van der Waals surface area contributed by atoms with Crippen LogP contribution >= 0.6 is 0 Å². The van der Waals surface area contributed by atoms with Crippen LogP contribution in [-0.4, -0.2) is 22.0 Å². The van der Waals surface area contributed by atoms with E-state index in [-0.39, 0.29) is 12.3 Å². The Balaban J connectivity index is 2.44. The lowest BCUT2D eigenvalue weighted by Crippen LogP contribution is -2.33. The highest BCUT2D eigenvalue weighted by molar-refractivity contribution is 5.84. The molecule has 1 heterocycles. The summed E-state index contributed by atoms with van der Waals surface area (Å²) in [6, 6.07) is 3.59. The van der Waals surface area contributed by atoms with Gasteiger partial charge in [0.15, 0.2) is 0 Å². The number of nitrogens with zero attached hydrogens (tertiary/aromatic N) is 1. The van der Waals surface area contributed by atoms with Crippen molar-refractivity contribution in [2.75, 3.05) is 0 Å². The summed E-state index contributed by atoms with van der Waals surface area (Å²) in [7, 11) is 0. The summed E-state index contributed by atoms with van der Waals surface area (Å²) in [6.07, 6.45) is 3.25. The molecular formula is C12H16N2O3. The molecule has 1 rings (SSSR count). The third-order valence-corrected chi connectivity index (χ3v) is 2.42. The molecule has 92 valence electrons. The van der Waals surface area contributed by atoms with Crippen LogP contribution in [0.4, 0.5) is 0 Å². The van der Waals surface area contributed by atoms with Crippen molar-refractivity contribution in [2.45, 2.75) is 26.8 Å². The highest BCUT2D eigenvalue weighted by Gasteiger charge is 2.29. The number of amides is 1. The number of carboxylic acid groups (broad SMARTS) is 1. The average Bonchev–Trinajstić information content (AvgIpc) is 2.27. The van der Waals surface area contributed by atoms with E-state index in [0.717, 1.165) is 5.56 Å². The van der Waals surface area contributed by atoms with Gasteiger partial charge in [-0.2, -0.15) is 0 Å². The van der Waals surface area contributed by atoms with Gasteiger partial charge in [-0.25, -0.2) is 0 Å². The van der Waals surface area contributed by atoms with Gasteiger partial charge in [-0.05, 0) is 31.5 Å². The van der Waals surface area contributed by atoms with Gasteiger partial charge in [-0.15, -0.1) is 0 Å². The van der Waals surface area contributed by atoms with Gasteiger partial charge in [0.2, 0.25) is 5.91 Å². The average molecular weight is 236 g/mol. The fraction of sp³-hybridized carbons (Fsp3) is 0.417. The van der Waals surface area contributed by atoms with E-state index in [1.165, 1.54) is 13.8 Å². The Hall–Kier alpha value is -1.91. The first kappa shape index (κ1) is 13.2. The van der Waals surface area contributed by atoms with Gasteiger partial charge >= 0.3 is 5.97 Å². The van der Waals surface area contributed by atoms with Crippen LogP contribution in [0.2, 0.25) is 0 Å². The van der Waals surface area contributed by atoms with Crippen molar-refractivity contribution in [2.24, 2.45) is 5.41 Å². The van der Waals surface area contributed by atoms with Crippen LogP contribution in [0.3, 0.4) is 0 Å². The fourth-order valence-electron chi connectivity index (χ4n) is 1.24. The molecule has 0 bridgehead atoms. The summed E-state index contributed by atoms with van der Waals surface area (Å²) in [4.78, 5) is 26.3. The summed E-state index contributed by atoms with van der Waals surface area (Å²) in [6.45, 7) is 3.44. The van der Waals surface area contributed by atoms with Crippen LogP contribution in [0, 0.1) is 5.41 Å². The summed E-state index contributed by atoms with van der Waals surface area (Å²) < 4.78 is 0. The SMILES string of the molecule is CC(C)(CC(=O)NCc1ccncc1)C(=O)O. The maximum Gasteiger partial charge on any atom is 0.309 e. The molecule has 0 atom stereocenters. The van der Waals surface area contributed by atoms with Gasteiger partial charge in [0, 0.05) is 25.4 Å². The van der Waals surface area contributed by atoms with Crippen molar-refractivity contribution >= 4 is 11.9 Å². The van der Waals surface area contributed by atoms with Crippen molar-refractivity contribution in [3.05, 3.63) is 30.1 Å². The molecular weight excluding hydrogens is 220 g/mol. The van der Waals surface area contributed by atoms with Crippen LogP contribution in [0.25, 0.3) is 0 Å². The van der Waals surface area contributed by atoms with Crippen molar-refractivity contribution in [3.8, 4) is 0 Å². The summed E-state index contributed by atoms with van der Waals surface area (Å²) in [5, 5.41) is 11.6. The molecule has 17 heavy (non-hydrogen) atoms. The highest BCUT2D eigenvalue weighted by atomic mass is 16.4. The zero-order valence-electron chi connectivity index (χ0n) is 9.93. The molecule has 0 unspecified atom stereocenters. The zero-order valence-corrected chi connectivity index (χ0v) is 9.93. The van der Waals surface area contributed by atoms with E-state index in [0.29, 0.717) is 6.54 Å². The first-order chi connectivity index (χ1) is 7.92. The van der Waals surface area contributed by atoms with E-state index in [4.69, 9.17) is 5.11 Å². The molecule has 1 amide bonds. The number of carbonyl (C=O) groups excluding carboxylic acids is 1. The topological polar surface area (TPSA) is 79.3 Å². The van der Waals surface area contributed by atoms with Gasteiger partial charge in [-0.3, -0.25) is 14.6 Å². The van der Waals surface area contributed by atoms with Gasteiger partial charge in [0.1, 0.15) is 0 Å². The minimum absolute atomic E-state index is 0.0343. The molecule has 0 aliphatic heterocycles. The smallest absolute Gasteiger partial charge is 0.309 e. The predicted octanol–water partition coefficient (Wildman–Crippen LogP) is 1.20. The lowest BCUT2D eigenvalue weighted by atomic mass is 9.89. The van der Waals surface area contributed by atoms with Crippen molar-refractivity contribution < 1.29 is 14.7 Å². The van der Waals surface area contributed by atoms with E-state index in [1.807, 2.05) is 0 Å². The van der Waals surface area contributed by atoms with Gasteiger partial charge < -0.3 is 10.4 Å². The standard InChI is InChI=1S/C12H16N2O3/c1-12(2,11(16)17)7-10(15)14-8-9-3-5-13-6-4-9/h3-6H,7-8H2,1-2H3,(H,14,15)(H,16,17). The van der Waals surface area contributed by atoms with E-state index in [9.17, 15) is 9.59 Å². The largest absolute Gasteiger partial charge is 0.481 e. The van der Waals surface area contributed by atoms with Crippen LogP contribution < -0.4 is 5.32 Å². The molecule has 1 aromatic heterocycles. The quantitative estimate of drug-likeness (QED) is 0.805. The first-order valence-corrected chi connectivity index (χ1v) is 5.31. The maximum atomic E-state index is 11.5. The number of aliphatic carboxylic acids is 1. The molecule has 0 spiro atoms. The van der Waals surface area contributed by atoms with Crippen LogP contribution in [0.1, 0.15) is 25.8 Å². The summed E-state index contributed by atoms with van der Waals surface area (Å²) in [5.41, 5.74) is -0.107. The molecule has 0 fully saturated rings. The van der Waals surface area contributed by atoms with Crippen LogP contribution in [0.15, 0.2) is 24.5 Å². The zero-order chi connectivity index (χ0) is 12.9. The molecule has 0 radical (unpaired) electrons. The number of hydrogen-bond acceptors (Lipinski definition) is 3. The van der Waals surface area contributed by atoms with Crippen molar-refractivity contribution in [3.63, 3.8) is 0 Å². The maximum absolute atomic E-state index is 11.5. The molecule has 0 saturated heterocycles. The lowest BCUT2D eigenvalue weighted by molar-refractivity contribution is -0.149. The Morgan fingerprint density at radius 2 is 1.94 bits per heavy atom. The number of rotatable bonds is 5. The second-order valence-electron chi connectivity index (χ2n) is 4.50. The summed E-state index contributed by atoms with van der Waals surface area (Å²) >= 11 is 0. The highest BCUT2D eigenvalue weighted by Crippen LogP contribution is 2.19. The number of nitrogens with one attached hydrogen (secondary N) is 1. The number of hydrogen-bond donors (Lipinski definition) is 2. The van der Waals surface area contributed by atoms with Gasteiger partial charge in [-0.1, -0.05) is 0 Å². The fourth-order valence-corrected chi connectivity index (χ4v) is 1.24. The molecule has 0 aliphatic rings. The monoisotopic (exact) mass is 236 g/mol. The normalized spacial score (nSPS) is 10.9. The van der Waals surface area contributed by atoms with Crippen LogP contribution in [0.5, 0.6) is 0 Å². The number of carboxylic acids is 1. The molecule has 2 N–H and O–H groups in total. The number of carbonyl (C=O) groups is 2. The van der Waals surface area contributed by atoms with Crippen molar-refractivity contribution in [1.29, 1.82) is 0 Å². The molecule has 0 aromatic carbocycles. The second-order valence-corrected chi connectivity index (χ2v) is 4.50. The summed E-state index contributed by atoms with van der Waals surface area (Å²) in [5.74, 6) is -1.24. The van der Waals surface area contributed by atoms with E-state index < -0.39 is 11.4 Å². The third-order valence-electron chi connectivity index (χ3n) is 2.42. The number of pyridine rings is 1. The minimum atomic E-state index is -1.04. The Labute approximate surface area is 99.9 Å². The Kier molecular flexibility index (Phi) is 4.20. The van der Waals surface area contributed by atoms with E-state index in [2.05, 4.69) is 10.3 Å². The molecule has 5 heteroatoms. The van der Waals surface area contributed by atoms with Crippen molar-refractivity contribution in [1.82, 2.24) is 10.3 Å². The molecule has 1 aromatic rings. The third kappa shape index (κ3) is 4.22. The van der Waals surface area contributed by atoms with Gasteiger partial charge in [0.05, 0.1) is 5.41 Å². The Morgan fingerprint density at radius 3 is 2.47 bits per heavy atom. The van der Waals surface area contributed by atoms with Crippen LogP contribution in [-0.2, 0) is 16.1 Å². The van der Waals surface area contributed by atoms with E-state index >= 15 is 0 Å². The Morgan fingerprint density at radius 1 is 1.35 bits per heavy atom. The number of aromatic nitrogens is 1.